The summed E-state index contributed by atoms with van der Waals surface area (Å²) >= 11 is 0. The largest absolute Gasteiger partial charge is 0.588 e. The summed E-state index contributed by atoms with van der Waals surface area (Å²) in [5.41, 5.74) is -3.57. The maximum absolute atomic E-state index is 11.1. The fourth-order valence-corrected chi connectivity index (χ4v) is 2.51. The molecule has 0 saturated heterocycles. The van der Waals surface area contributed by atoms with E-state index in [2.05, 4.69) is 25.2 Å². The molecule has 0 heterocycles. The van der Waals surface area contributed by atoms with Crippen molar-refractivity contribution in [2.75, 3.05) is 0 Å². The molecule has 0 bridgehead atoms. The van der Waals surface area contributed by atoms with Gasteiger partial charge in [0.2, 0.25) is 0 Å². The van der Waals surface area contributed by atoms with Gasteiger partial charge in [0.05, 0.1) is 0 Å². The molecule has 0 aliphatic rings. The third-order valence-electron chi connectivity index (χ3n) is 4.05. The van der Waals surface area contributed by atoms with Gasteiger partial charge in [-0.3, -0.25) is 35.1 Å². The number of rotatable bonds is 16. The van der Waals surface area contributed by atoms with Crippen molar-refractivity contribution in [3.8, 4) is 0 Å². The van der Waals surface area contributed by atoms with Crippen LogP contribution in [0.15, 0.2) is 36.5 Å². The van der Waals surface area contributed by atoms with Gasteiger partial charge in [0.15, 0.2) is 0 Å². The molecule has 0 fully saturated rings. The monoisotopic (exact) mass is 396 g/mol. The number of hydrogen-bond acceptors (Lipinski definition) is 7. The van der Waals surface area contributed by atoms with Gasteiger partial charge in [-0.2, -0.15) is 0 Å². The fraction of sp³-hybridized carbons (Fsp3) is 0.611. The molecule has 155 valence electrons. The number of nitrogens with zero attached hydrogens (tertiary/aromatic N) is 3. The molecule has 0 aromatic carbocycles. The summed E-state index contributed by atoms with van der Waals surface area (Å²) in [6.07, 6.45) is 17.3. The summed E-state index contributed by atoms with van der Waals surface area (Å²) in [7, 11) is 0. The van der Waals surface area contributed by atoms with Crippen molar-refractivity contribution >= 4 is 6.29 Å². The maximum atomic E-state index is 11.1. The second kappa shape index (κ2) is 14.2. The SMILES string of the molecule is CC/C=C/C/C=C/C/C=C/CCCCCC([N+](=O)[O-])C([C]=O)([N+](=O)[O-])[N+](=O)[O-]. The van der Waals surface area contributed by atoms with Gasteiger partial charge >= 0.3 is 18.0 Å². The fourth-order valence-electron chi connectivity index (χ4n) is 2.51. The lowest BCUT2D eigenvalue weighted by molar-refractivity contribution is -0.810. The van der Waals surface area contributed by atoms with Crippen LogP contribution in [0.1, 0.15) is 58.3 Å². The van der Waals surface area contributed by atoms with Crippen LogP contribution in [0.5, 0.6) is 0 Å². The highest BCUT2D eigenvalue weighted by Gasteiger charge is 2.71. The third kappa shape index (κ3) is 8.19. The first-order valence-electron chi connectivity index (χ1n) is 9.11. The number of allylic oxidation sites excluding steroid dienone is 6. The Bertz CT molecular complexity index is 600. The van der Waals surface area contributed by atoms with Gasteiger partial charge in [-0.1, -0.05) is 49.8 Å². The first kappa shape index (κ1) is 25.1. The predicted molar refractivity (Wildman–Crippen MR) is 103 cm³/mol. The van der Waals surface area contributed by atoms with Crippen LogP contribution in [0.2, 0.25) is 0 Å². The number of nitro groups is 3. The van der Waals surface area contributed by atoms with Crippen molar-refractivity contribution in [3.05, 3.63) is 66.8 Å². The van der Waals surface area contributed by atoms with Gasteiger partial charge in [-0.25, -0.2) is 0 Å². The third-order valence-corrected chi connectivity index (χ3v) is 4.05. The average molecular weight is 396 g/mol. The van der Waals surface area contributed by atoms with E-state index in [1.54, 1.807) is 0 Å². The lowest BCUT2D eigenvalue weighted by atomic mass is 9.97. The molecule has 0 aromatic rings. The van der Waals surface area contributed by atoms with Crippen molar-refractivity contribution < 1.29 is 19.6 Å². The van der Waals surface area contributed by atoms with Crippen molar-refractivity contribution in [1.29, 1.82) is 0 Å². The van der Waals surface area contributed by atoms with Crippen LogP contribution < -0.4 is 0 Å². The van der Waals surface area contributed by atoms with Crippen molar-refractivity contribution in [3.63, 3.8) is 0 Å². The lowest BCUT2D eigenvalue weighted by Gasteiger charge is -2.14. The van der Waals surface area contributed by atoms with Crippen LogP contribution in [0.4, 0.5) is 0 Å². The van der Waals surface area contributed by atoms with Crippen LogP contribution in [0.25, 0.3) is 0 Å². The van der Waals surface area contributed by atoms with Gasteiger partial charge in [0, 0.05) is 11.3 Å². The second-order valence-electron chi connectivity index (χ2n) is 6.08. The minimum Gasteiger partial charge on any atom is -0.273 e. The molecule has 0 saturated carbocycles. The van der Waals surface area contributed by atoms with Crippen LogP contribution >= 0.6 is 0 Å². The zero-order valence-corrected chi connectivity index (χ0v) is 15.9. The standard InChI is InChI=1S/C18H26N3O7/c1-2-3-4-5-6-7-8-9-10-11-12-13-14-15-17(19(23)24)18(16-22,20(25)26)21(27)28/h3-4,6-7,9-10,17H,2,5,8,11-15H2,1H3/b4-3+,7-6+,10-9+. The highest BCUT2D eigenvalue weighted by Crippen LogP contribution is 2.22. The topological polar surface area (TPSA) is 146 Å². The van der Waals surface area contributed by atoms with Crippen molar-refractivity contribution in [2.45, 2.75) is 70.0 Å². The molecule has 0 aliphatic heterocycles. The molecule has 0 rings (SSSR count). The molecule has 10 heteroatoms. The van der Waals surface area contributed by atoms with E-state index >= 15 is 0 Å². The summed E-state index contributed by atoms with van der Waals surface area (Å²) in [6.45, 7) is 2.07. The molecule has 10 nitrogen and oxygen atoms in total. The zero-order chi connectivity index (χ0) is 21.4. The van der Waals surface area contributed by atoms with E-state index in [1.165, 1.54) is 0 Å². The van der Waals surface area contributed by atoms with Crippen LogP contribution in [0.3, 0.4) is 0 Å². The normalized spacial score (nSPS) is 13.3. The highest BCUT2D eigenvalue weighted by atomic mass is 16.7. The Balaban J connectivity index is 4.35. The summed E-state index contributed by atoms with van der Waals surface area (Å²) in [4.78, 5) is 39.6. The van der Waals surface area contributed by atoms with Gasteiger partial charge in [-0.05, 0) is 38.5 Å². The first-order chi connectivity index (χ1) is 13.3. The summed E-state index contributed by atoms with van der Waals surface area (Å²) in [5, 5.41) is 33.0. The maximum Gasteiger partial charge on any atom is 0.588 e. The van der Waals surface area contributed by atoms with E-state index < -0.39 is 32.9 Å². The van der Waals surface area contributed by atoms with E-state index in [4.69, 9.17) is 0 Å². The second-order valence-corrected chi connectivity index (χ2v) is 6.08. The van der Waals surface area contributed by atoms with Crippen molar-refractivity contribution in [1.82, 2.24) is 0 Å². The summed E-state index contributed by atoms with van der Waals surface area (Å²) in [6, 6.07) is -2.25. The van der Waals surface area contributed by atoms with E-state index in [0.29, 0.717) is 19.1 Å². The van der Waals surface area contributed by atoms with E-state index in [1.807, 2.05) is 18.2 Å². The zero-order valence-electron chi connectivity index (χ0n) is 15.9. The van der Waals surface area contributed by atoms with Gasteiger partial charge in [-0.15, -0.1) is 0 Å². The Kier molecular flexibility index (Phi) is 12.7. The Morgan fingerprint density at radius 2 is 1.39 bits per heavy atom. The van der Waals surface area contributed by atoms with Crippen LogP contribution in [-0.2, 0) is 4.79 Å². The predicted octanol–water partition coefficient (Wildman–Crippen LogP) is 3.80. The molecule has 0 aliphatic carbocycles. The minimum atomic E-state index is -3.57. The average Bonchev–Trinajstić information content (AvgIpc) is 2.63. The summed E-state index contributed by atoms with van der Waals surface area (Å²) < 4.78 is 0. The Labute approximate surface area is 163 Å². The number of carbonyl (C=O) groups excluding carboxylic acids is 1. The Morgan fingerprint density at radius 3 is 1.86 bits per heavy atom. The van der Waals surface area contributed by atoms with Gasteiger partial charge in [0.25, 0.3) is 0 Å². The number of unbranched alkanes of at least 4 members (excludes halogenated alkanes) is 3. The molecule has 28 heavy (non-hydrogen) atoms. The molecule has 1 unspecified atom stereocenters. The minimum absolute atomic E-state index is 0.161. The van der Waals surface area contributed by atoms with E-state index in [-0.39, 0.29) is 6.42 Å². The van der Waals surface area contributed by atoms with Crippen LogP contribution in [0, 0.1) is 30.3 Å². The molecule has 1 radical (unpaired) electrons. The first-order valence-corrected chi connectivity index (χ1v) is 9.11. The molecular weight excluding hydrogens is 370 g/mol. The smallest absolute Gasteiger partial charge is 0.273 e. The molecule has 1 atom stereocenters. The number of hydrogen-bond donors (Lipinski definition) is 0. The molecule has 0 amide bonds. The molecule has 0 N–H and O–H groups in total. The van der Waals surface area contributed by atoms with Gasteiger partial charge < -0.3 is 0 Å². The Morgan fingerprint density at radius 1 is 0.857 bits per heavy atom. The highest BCUT2D eigenvalue weighted by molar-refractivity contribution is 5.61. The van der Waals surface area contributed by atoms with Crippen LogP contribution in [-0.4, -0.2) is 32.8 Å². The van der Waals surface area contributed by atoms with E-state index in [0.717, 1.165) is 25.7 Å². The quantitative estimate of drug-likeness (QED) is 0.127. The molecule has 0 spiro atoms. The molecular formula is C18H26N3O7. The van der Waals surface area contributed by atoms with Gasteiger partial charge in [0.1, 0.15) is 9.85 Å². The Hall–Kier alpha value is -2.91. The summed E-state index contributed by atoms with van der Waals surface area (Å²) in [5.74, 6) is 0. The van der Waals surface area contributed by atoms with Crippen molar-refractivity contribution in [2.24, 2.45) is 0 Å². The van der Waals surface area contributed by atoms with E-state index in [9.17, 15) is 35.1 Å². The molecule has 0 aromatic heterocycles. The lowest BCUT2D eigenvalue weighted by Crippen LogP contribution is -2.59.